The summed E-state index contributed by atoms with van der Waals surface area (Å²) in [5.41, 5.74) is 1.08. The van der Waals surface area contributed by atoms with Crippen molar-refractivity contribution in [3.05, 3.63) is 28.8 Å². The third-order valence-electron chi connectivity index (χ3n) is 3.71. The van der Waals surface area contributed by atoms with E-state index in [-0.39, 0.29) is 5.60 Å². The fourth-order valence-corrected chi connectivity index (χ4v) is 2.71. The Morgan fingerprint density at radius 3 is 2.61 bits per heavy atom. The molecule has 1 aromatic rings. The summed E-state index contributed by atoms with van der Waals surface area (Å²) in [4.78, 5) is 0. The molecule has 1 fully saturated rings. The van der Waals surface area contributed by atoms with Crippen LogP contribution in [0, 0.1) is 0 Å². The molecule has 4 heteroatoms. The highest BCUT2D eigenvalue weighted by Crippen LogP contribution is 2.32. The minimum atomic E-state index is -0.0770. The predicted molar refractivity (Wildman–Crippen MR) is 73.6 cm³/mol. The summed E-state index contributed by atoms with van der Waals surface area (Å²) in [6, 6.07) is 5.80. The van der Waals surface area contributed by atoms with Gasteiger partial charge in [0.15, 0.2) is 0 Å². The average molecular weight is 270 g/mol. The molecule has 1 N–H and O–H groups in total. The molecule has 1 aliphatic heterocycles. The molecule has 3 nitrogen and oxygen atoms in total. The lowest BCUT2D eigenvalue weighted by Crippen LogP contribution is -2.45. The smallest absolute Gasteiger partial charge is 0.123 e. The molecular formula is C14H20ClNO2. The van der Waals surface area contributed by atoms with Crippen LogP contribution in [0.4, 0.5) is 0 Å². The van der Waals surface area contributed by atoms with Crippen molar-refractivity contribution in [1.29, 1.82) is 0 Å². The van der Waals surface area contributed by atoms with E-state index in [1.54, 1.807) is 14.2 Å². The Kier molecular flexibility index (Phi) is 4.49. The summed E-state index contributed by atoms with van der Waals surface area (Å²) >= 11 is 5.99. The van der Waals surface area contributed by atoms with Crippen LogP contribution in [0.5, 0.6) is 5.75 Å². The fraction of sp³-hybridized carbons (Fsp3) is 0.571. The van der Waals surface area contributed by atoms with Crippen LogP contribution in [0.1, 0.15) is 18.4 Å². The maximum atomic E-state index is 5.99. The molecule has 1 heterocycles. The van der Waals surface area contributed by atoms with E-state index in [4.69, 9.17) is 21.1 Å². The van der Waals surface area contributed by atoms with Crippen LogP contribution < -0.4 is 10.1 Å². The lowest BCUT2D eigenvalue weighted by molar-refractivity contribution is -0.0336. The lowest BCUT2D eigenvalue weighted by Gasteiger charge is -2.36. The number of nitrogens with one attached hydrogen (secondary N) is 1. The molecule has 0 aliphatic carbocycles. The molecule has 1 saturated heterocycles. The van der Waals surface area contributed by atoms with Crippen molar-refractivity contribution in [1.82, 2.24) is 5.32 Å². The van der Waals surface area contributed by atoms with Gasteiger partial charge in [-0.2, -0.15) is 0 Å². The standard InChI is InChI=1S/C14H20ClNO2/c1-17-13-9-12(15)4-3-11(13)10-14(18-2)5-7-16-8-6-14/h3-4,9,16H,5-8,10H2,1-2H3. The van der Waals surface area contributed by atoms with Gasteiger partial charge in [0.25, 0.3) is 0 Å². The molecule has 18 heavy (non-hydrogen) atoms. The van der Waals surface area contributed by atoms with E-state index in [9.17, 15) is 0 Å². The van der Waals surface area contributed by atoms with Crippen LogP contribution in [0.25, 0.3) is 0 Å². The van der Waals surface area contributed by atoms with Crippen molar-refractivity contribution in [3.63, 3.8) is 0 Å². The zero-order valence-corrected chi connectivity index (χ0v) is 11.7. The van der Waals surface area contributed by atoms with E-state index in [0.717, 1.165) is 43.7 Å². The van der Waals surface area contributed by atoms with Gasteiger partial charge in [0.2, 0.25) is 0 Å². The van der Waals surface area contributed by atoms with Gasteiger partial charge in [-0.3, -0.25) is 0 Å². The second-order valence-corrected chi connectivity index (χ2v) is 5.21. The van der Waals surface area contributed by atoms with Crippen LogP contribution in [0.2, 0.25) is 5.02 Å². The van der Waals surface area contributed by atoms with E-state index < -0.39 is 0 Å². The van der Waals surface area contributed by atoms with E-state index >= 15 is 0 Å². The summed E-state index contributed by atoms with van der Waals surface area (Å²) < 4.78 is 11.2. The van der Waals surface area contributed by atoms with Crippen molar-refractivity contribution in [2.75, 3.05) is 27.3 Å². The van der Waals surface area contributed by atoms with E-state index in [0.29, 0.717) is 5.02 Å². The Morgan fingerprint density at radius 1 is 1.28 bits per heavy atom. The average Bonchev–Trinajstić information content (AvgIpc) is 2.42. The first-order valence-electron chi connectivity index (χ1n) is 6.27. The van der Waals surface area contributed by atoms with E-state index in [1.807, 2.05) is 18.2 Å². The largest absolute Gasteiger partial charge is 0.496 e. The summed E-state index contributed by atoms with van der Waals surface area (Å²) in [5, 5.41) is 4.07. The highest BCUT2D eigenvalue weighted by Gasteiger charge is 2.32. The van der Waals surface area contributed by atoms with Crippen LogP contribution in [-0.2, 0) is 11.2 Å². The van der Waals surface area contributed by atoms with Gasteiger partial charge >= 0.3 is 0 Å². The normalized spacial score (nSPS) is 18.6. The quantitative estimate of drug-likeness (QED) is 0.912. The Labute approximate surface area is 113 Å². The Hall–Kier alpha value is -0.770. The molecule has 1 aromatic carbocycles. The number of halogens is 1. The van der Waals surface area contributed by atoms with Gasteiger partial charge in [0.05, 0.1) is 12.7 Å². The monoisotopic (exact) mass is 269 g/mol. The molecule has 0 atom stereocenters. The first-order valence-corrected chi connectivity index (χ1v) is 6.65. The number of piperidine rings is 1. The number of hydrogen-bond donors (Lipinski definition) is 1. The number of rotatable bonds is 4. The molecule has 0 amide bonds. The van der Waals surface area contributed by atoms with Gasteiger partial charge in [-0.25, -0.2) is 0 Å². The summed E-state index contributed by atoms with van der Waals surface area (Å²) in [7, 11) is 3.48. The first kappa shape index (κ1) is 13.7. The zero-order chi connectivity index (χ0) is 13.0. The molecule has 0 saturated carbocycles. The van der Waals surface area contributed by atoms with Crippen LogP contribution >= 0.6 is 11.6 Å². The molecular weight excluding hydrogens is 250 g/mol. The highest BCUT2D eigenvalue weighted by molar-refractivity contribution is 6.30. The third-order valence-corrected chi connectivity index (χ3v) is 3.94. The maximum absolute atomic E-state index is 5.99. The third kappa shape index (κ3) is 2.97. The topological polar surface area (TPSA) is 30.5 Å². The minimum absolute atomic E-state index is 0.0770. The van der Waals surface area contributed by atoms with Crippen LogP contribution in [-0.4, -0.2) is 32.9 Å². The molecule has 2 rings (SSSR count). The number of ether oxygens (including phenoxy) is 2. The van der Waals surface area contributed by atoms with Gasteiger partial charge in [-0.1, -0.05) is 17.7 Å². The van der Waals surface area contributed by atoms with Gasteiger partial charge in [-0.05, 0) is 43.6 Å². The molecule has 100 valence electrons. The molecule has 1 aliphatic rings. The Morgan fingerprint density at radius 2 is 2.00 bits per heavy atom. The molecule has 0 bridgehead atoms. The zero-order valence-electron chi connectivity index (χ0n) is 11.0. The van der Waals surface area contributed by atoms with Crippen molar-refractivity contribution in [2.45, 2.75) is 24.9 Å². The van der Waals surface area contributed by atoms with Crippen molar-refractivity contribution in [3.8, 4) is 5.75 Å². The van der Waals surface area contributed by atoms with Gasteiger partial charge in [0, 0.05) is 18.6 Å². The predicted octanol–water partition coefficient (Wildman–Crippen LogP) is 2.66. The van der Waals surface area contributed by atoms with Crippen molar-refractivity contribution < 1.29 is 9.47 Å². The second kappa shape index (κ2) is 5.91. The van der Waals surface area contributed by atoms with Crippen LogP contribution in [0.3, 0.4) is 0 Å². The number of hydrogen-bond acceptors (Lipinski definition) is 3. The maximum Gasteiger partial charge on any atom is 0.123 e. The fourth-order valence-electron chi connectivity index (χ4n) is 2.55. The van der Waals surface area contributed by atoms with Crippen molar-refractivity contribution in [2.24, 2.45) is 0 Å². The van der Waals surface area contributed by atoms with Crippen molar-refractivity contribution >= 4 is 11.6 Å². The molecule has 0 unspecified atom stereocenters. The highest BCUT2D eigenvalue weighted by atomic mass is 35.5. The Bertz CT molecular complexity index is 403. The SMILES string of the molecule is COc1cc(Cl)ccc1CC1(OC)CCNCC1. The van der Waals surface area contributed by atoms with Crippen LogP contribution in [0.15, 0.2) is 18.2 Å². The van der Waals surface area contributed by atoms with E-state index in [1.165, 1.54) is 0 Å². The Balaban J connectivity index is 2.21. The molecule has 0 radical (unpaired) electrons. The summed E-state index contributed by atoms with van der Waals surface area (Å²) in [6.45, 7) is 2.01. The van der Waals surface area contributed by atoms with Gasteiger partial charge < -0.3 is 14.8 Å². The van der Waals surface area contributed by atoms with Gasteiger partial charge in [-0.15, -0.1) is 0 Å². The first-order chi connectivity index (χ1) is 8.69. The summed E-state index contributed by atoms with van der Waals surface area (Å²) in [6.07, 6.45) is 2.91. The second-order valence-electron chi connectivity index (χ2n) is 4.77. The number of methoxy groups -OCH3 is 2. The lowest BCUT2D eigenvalue weighted by atomic mass is 9.85. The van der Waals surface area contributed by atoms with E-state index in [2.05, 4.69) is 5.32 Å². The molecule has 0 aromatic heterocycles. The number of benzene rings is 1. The molecule has 0 spiro atoms. The van der Waals surface area contributed by atoms with Gasteiger partial charge in [0.1, 0.15) is 5.75 Å². The summed E-state index contributed by atoms with van der Waals surface area (Å²) in [5.74, 6) is 0.845. The minimum Gasteiger partial charge on any atom is -0.496 e.